The number of rotatable bonds is 19. The van der Waals surface area contributed by atoms with Crippen molar-refractivity contribution in [3.8, 4) is 0 Å². The number of hydrogen-bond donors (Lipinski definition) is 5. The third-order valence-corrected chi connectivity index (χ3v) is 6.48. The molecule has 3 aromatic rings. The number of benzene rings is 1. The summed E-state index contributed by atoms with van der Waals surface area (Å²) in [5.41, 5.74) is 1.80. The summed E-state index contributed by atoms with van der Waals surface area (Å²) in [6, 6.07) is 4.11. The first kappa shape index (κ1) is 47.1. The van der Waals surface area contributed by atoms with Gasteiger partial charge in [-0.2, -0.15) is 5.10 Å². The number of nitrogens with one attached hydrogen (secondary N) is 1. The molecule has 0 aliphatic carbocycles. The first-order chi connectivity index (χ1) is 23.4. The van der Waals surface area contributed by atoms with Crippen LogP contribution in [-0.4, -0.2) is 94.5 Å². The molecule has 1 unspecified atom stereocenters. The number of carboxylic acid groups (broad SMARTS) is 4. The number of carboxylic acids is 4. The minimum Gasteiger partial charge on any atom is 0 e. The van der Waals surface area contributed by atoms with Gasteiger partial charge in [-0.05, 0) is 49.2 Å². The van der Waals surface area contributed by atoms with Crippen LogP contribution in [0.3, 0.4) is 0 Å². The smallest absolute Gasteiger partial charge is 0 e. The predicted octanol–water partition coefficient (Wildman–Crippen LogP) is 0.196. The number of aromatic nitrogens is 6. The van der Waals surface area contributed by atoms with Gasteiger partial charge in [0, 0.05) is 56.8 Å². The van der Waals surface area contributed by atoms with Crippen LogP contribution in [0.4, 0.5) is 5.69 Å². The maximum Gasteiger partial charge on any atom is 0 e. The summed E-state index contributed by atoms with van der Waals surface area (Å²) in [6.45, 7) is 15.5. The monoisotopic (exact) mass is 891 g/mol. The largest absolute Gasteiger partial charge is 0 e. The van der Waals surface area contributed by atoms with Gasteiger partial charge in [0.15, 0.2) is 6.04 Å². The minimum atomic E-state index is -2.47. The Morgan fingerprint density at radius 1 is 0.860 bits per heavy atom. The van der Waals surface area contributed by atoms with Gasteiger partial charge in [0.2, 0.25) is 0 Å². The molecule has 0 aliphatic rings. The SMILES string of the molecule is O=C(O)CC[C@@H](C(=O)O)n1cc([CH-]N(CCc2ccc(NS(=O)[O-])cc2)Cc2cn([C@@H](CCC(=O)O)C(=O)O)nn2)nn1.[C-]#[O+].[C-]#[O+].[C-]#[O+].[Re]. The van der Waals surface area contributed by atoms with Crippen LogP contribution in [0.2, 0.25) is 0 Å². The van der Waals surface area contributed by atoms with Gasteiger partial charge in [-0.25, -0.2) is 14.3 Å². The summed E-state index contributed by atoms with van der Waals surface area (Å²) in [5.74, 6) is -4.86. The maximum atomic E-state index is 11.7. The number of hydrogen-bond acceptors (Lipinski definition) is 11. The zero-order valence-electron chi connectivity index (χ0n) is 25.5. The molecule has 50 heavy (non-hydrogen) atoms. The van der Waals surface area contributed by atoms with Gasteiger partial charge in [0.05, 0.1) is 11.9 Å². The van der Waals surface area contributed by atoms with Crippen molar-refractivity contribution in [2.24, 2.45) is 0 Å². The molecule has 2 aromatic heterocycles. The zero-order chi connectivity index (χ0) is 37.5. The van der Waals surface area contributed by atoms with Crippen molar-refractivity contribution in [3.05, 3.63) is 80.1 Å². The average Bonchev–Trinajstić information content (AvgIpc) is 3.72. The molecule has 23 heteroatoms. The molecule has 0 fully saturated rings. The van der Waals surface area contributed by atoms with E-state index in [1.54, 1.807) is 35.7 Å². The molecule has 3 atom stereocenters. The molecule has 269 valence electrons. The Morgan fingerprint density at radius 3 is 1.80 bits per heavy atom. The fraction of sp³-hybridized carbons (Fsp3) is 0.333. The third-order valence-electron chi connectivity index (χ3n) is 6.08. The number of aliphatic carboxylic acids is 4. The molecule has 1 radical (unpaired) electrons. The van der Waals surface area contributed by atoms with Gasteiger partial charge < -0.3 is 39.3 Å². The zero-order valence-corrected chi connectivity index (χ0v) is 29.1. The Morgan fingerprint density at radius 2 is 1.34 bits per heavy atom. The maximum absolute atomic E-state index is 11.7. The molecular formula is C27H28N8O13ReS-2. The Bertz CT molecular complexity index is 1500. The fourth-order valence-corrected chi connectivity index (χ4v) is 4.32. The molecule has 3 rings (SSSR count). The Hall–Kier alpha value is -5.00. The van der Waals surface area contributed by atoms with Gasteiger partial charge >= 0.3 is 57.8 Å². The Kier molecular flexibility index (Phi) is 24.5. The number of anilines is 1. The van der Waals surface area contributed by atoms with Crippen molar-refractivity contribution in [2.45, 2.75) is 50.7 Å². The van der Waals surface area contributed by atoms with Crippen molar-refractivity contribution >= 4 is 40.8 Å². The molecule has 2 heterocycles. The molecule has 1 aromatic carbocycles. The summed E-state index contributed by atoms with van der Waals surface area (Å²) >= 11 is -2.47. The summed E-state index contributed by atoms with van der Waals surface area (Å²) < 4.78 is 48.6. The summed E-state index contributed by atoms with van der Waals surface area (Å²) in [4.78, 5) is 47.0. The second kappa shape index (κ2) is 25.9. The van der Waals surface area contributed by atoms with E-state index >= 15 is 0 Å². The van der Waals surface area contributed by atoms with E-state index in [2.05, 4.69) is 45.3 Å². The first-order valence-electron chi connectivity index (χ1n) is 13.3. The van der Waals surface area contributed by atoms with Gasteiger partial charge in [0.25, 0.3) is 0 Å². The van der Waals surface area contributed by atoms with E-state index in [4.69, 9.17) is 24.2 Å². The topological polar surface area (TPSA) is 326 Å². The summed E-state index contributed by atoms with van der Waals surface area (Å²) in [6.07, 6.45) is 1.99. The standard InChI is InChI=1S/C24H29N8O10S.3CO.Re/c33-21(34)7-5-19(23(37)38)31-13-17(25-28-31)11-30(10-9-15-1-3-16(4-2-15)27-43(41)42)12-18-14-32(29-26-18)20(24(39)40)6-8-22(35)36;3*1-2;/h1-4,11,13-14,19-20,27H,5-10,12H2,(H,33,34)(H,35,36)(H,37,38)(H,39,40)(H,41,42);;;;/q-1;;;;/p-1/t19-,20-;;;;/m0..../s1. The van der Waals surface area contributed by atoms with E-state index in [0.717, 1.165) is 14.9 Å². The van der Waals surface area contributed by atoms with Crippen molar-refractivity contribution in [1.82, 2.24) is 34.9 Å². The molecule has 21 nitrogen and oxygen atoms in total. The van der Waals surface area contributed by atoms with E-state index in [0.29, 0.717) is 24.3 Å². The van der Waals surface area contributed by atoms with Gasteiger partial charge in [-0.3, -0.25) is 13.8 Å². The van der Waals surface area contributed by atoms with Crippen LogP contribution in [-0.2, 0) is 77.8 Å². The van der Waals surface area contributed by atoms with Crippen molar-refractivity contribution in [3.63, 3.8) is 0 Å². The van der Waals surface area contributed by atoms with Gasteiger partial charge in [0.1, 0.15) is 6.04 Å². The number of nitrogens with zero attached hydrogens (tertiary/aromatic N) is 7. The normalized spacial score (nSPS) is 11.5. The molecule has 0 saturated carbocycles. The van der Waals surface area contributed by atoms with Crippen LogP contribution in [0.25, 0.3) is 0 Å². The second-order valence-corrected chi connectivity index (χ2v) is 9.94. The third kappa shape index (κ3) is 17.4. The van der Waals surface area contributed by atoms with Crippen molar-refractivity contribution in [2.75, 3.05) is 11.3 Å². The minimum absolute atomic E-state index is 0. The molecular weight excluding hydrogens is 863 g/mol. The second-order valence-electron chi connectivity index (χ2n) is 9.27. The molecule has 0 amide bonds. The molecule has 0 bridgehead atoms. The van der Waals surface area contributed by atoms with E-state index < -0.39 is 47.2 Å². The van der Waals surface area contributed by atoms with Crippen LogP contribution < -0.4 is 4.72 Å². The van der Waals surface area contributed by atoms with E-state index in [-0.39, 0.29) is 58.3 Å². The molecule has 5 N–H and O–H groups in total. The van der Waals surface area contributed by atoms with Crippen molar-refractivity contribution in [1.29, 1.82) is 0 Å². The first-order valence-corrected chi connectivity index (χ1v) is 14.4. The van der Waals surface area contributed by atoms with Crippen LogP contribution in [0.5, 0.6) is 0 Å². The van der Waals surface area contributed by atoms with E-state index in [1.807, 2.05) is 0 Å². The van der Waals surface area contributed by atoms with Crippen LogP contribution in [0.1, 0.15) is 54.7 Å². The Labute approximate surface area is 299 Å². The summed E-state index contributed by atoms with van der Waals surface area (Å²) in [5, 5.41) is 52.6. The Balaban J connectivity index is 0. The van der Waals surface area contributed by atoms with Gasteiger partial charge in [-0.1, -0.05) is 28.8 Å². The van der Waals surface area contributed by atoms with Crippen LogP contribution in [0.15, 0.2) is 36.7 Å². The quantitative estimate of drug-likeness (QED) is 0.0610. The van der Waals surface area contributed by atoms with Crippen molar-refractivity contribution < 1.29 is 82.7 Å². The molecule has 0 spiro atoms. The predicted molar refractivity (Wildman–Crippen MR) is 155 cm³/mol. The van der Waals surface area contributed by atoms with E-state index in [1.165, 1.54) is 12.4 Å². The van der Waals surface area contributed by atoms with E-state index in [9.17, 15) is 38.2 Å². The van der Waals surface area contributed by atoms with Crippen LogP contribution in [0, 0.1) is 26.5 Å². The average molecular weight is 891 g/mol. The van der Waals surface area contributed by atoms with Gasteiger partial charge in [-0.15, -0.1) is 11.6 Å². The number of carbonyl (C=O) groups is 4. The fourth-order valence-electron chi connectivity index (χ4n) is 3.99. The molecule has 0 saturated heterocycles. The molecule has 0 aliphatic heterocycles. The van der Waals surface area contributed by atoms with Crippen LogP contribution >= 0.6 is 0 Å². The summed E-state index contributed by atoms with van der Waals surface area (Å²) in [7, 11) is 0.